The van der Waals surface area contributed by atoms with Crippen LogP contribution in [0.2, 0.25) is 0 Å². The molecule has 0 aromatic heterocycles. The standard InChI is InChI=1S/C74H122O6/c1-4-7-10-13-16-19-22-25-28-29-30-31-32-33-34-35-36-37-38-39-40-41-42-43-44-45-47-49-52-55-58-61-64-67-73(76)79-70-71(69-78-72(75)66-63-60-57-54-51-48-27-24-21-18-15-12-9-6-3)80-74(77)68-65-62-59-56-53-50-46-26-23-20-17-14-11-8-5-2/h7-8,10-11,15-20,24-28,30-31,33-34,36-37,46,71H,4-6,9,12-14,21-23,29,32,35,38-45,47-70H2,1-3H3/b10-7-,11-8-,18-15-,19-16-,20-17-,27-24-,28-25-,31-30-,34-33-,37-36-,46-26-. The molecular formula is C74H122O6. The van der Waals surface area contributed by atoms with E-state index in [1.165, 1.54) is 96.3 Å². The minimum Gasteiger partial charge on any atom is -0.462 e. The molecular weight excluding hydrogens is 985 g/mol. The predicted molar refractivity (Wildman–Crippen MR) is 348 cm³/mol. The molecule has 0 bridgehead atoms. The van der Waals surface area contributed by atoms with Crippen molar-refractivity contribution in [2.45, 2.75) is 303 Å². The fourth-order valence-electron chi connectivity index (χ4n) is 8.95. The van der Waals surface area contributed by atoms with Crippen molar-refractivity contribution in [2.75, 3.05) is 13.2 Å². The first kappa shape index (κ1) is 75.5. The second-order valence-electron chi connectivity index (χ2n) is 21.6. The van der Waals surface area contributed by atoms with Gasteiger partial charge in [0, 0.05) is 19.3 Å². The number of hydrogen-bond acceptors (Lipinski definition) is 6. The van der Waals surface area contributed by atoms with Crippen LogP contribution in [0.5, 0.6) is 0 Å². The molecule has 6 heteroatoms. The van der Waals surface area contributed by atoms with Crippen LogP contribution >= 0.6 is 0 Å². The fourth-order valence-corrected chi connectivity index (χ4v) is 8.95. The number of esters is 3. The van der Waals surface area contributed by atoms with E-state index in [9.17, 15) is 14.4 Å². The van der Waals surface area contributed by atoms with Gasteiger partial charge in [-0.1, -0.05) is 283 Å². The first-order valence-corrected chi connectivity index (χ1v) is 33.2. The summed E-state index contributed by atoms with van der Waals surface area (Å²) in [5.74, 6) is -0.920. The van der Waals surface area contributed by atoms with Gasteiger partial charge in [-0.15, -0.1) is 0 Å². The maximum Gasteiger partial charge on any atom is 0.306 e. The van der Waals surface area contributed by atoms with E-state index in [2.05, 4.69) is 154 Å². The number of unbranched alkanes of at least 4 members (excludes halogenated alkanes) is 26. The zero-order valence-electron chi connectivity index (χ0n) is 52.0. The SMILES string of the molecule is CC/C=C\C/C=C\C/C=C\C/C=C\C/C=C\C/C=C\CCCCCCCCCCCCCCCCC(=O)OCC(COC(=O)CCCCCCC/C=C\C/C=C\CCCC)OC(=O)CCCCCCC/C=C\C/C=C\C/C=C\CC. The maximum atomic E-state index is 12.9. The molecule has 0 N–H and O–H groups in total. The average Bonchev–Trinajstić information content (AvgIpc) is 3.46. The number of rotatable bonds is 59. The lowest BCUT2D eigenvalue weighted by Gasteiger charge is -2.18. The second-order valence-corrected chi connectivity index (χ2v) is 21.6. The highest BCUT2D eigenvalue weighted by molar-refractivity contribution is 5.71. The highest BCUT2D eigenvalue weighted by Crippen LogP contribution is 2.16. The summed E-state index contributed by atoms with van der Waals surface area (Å²) in [6.07, 6.45) is 94.7. The van der Waals surface area contributed by atoms with Gasteiger partial charge in [-0.2, -0.15) is 0 Å². The van der Waals surface area contributed by atoms with Gasteiger partial charge in [-0.3, -0.25) is 14.4 Å². The molecule has 80 heavy (non-hydrogen) atoms. The maximum absolute atomic E-state index is 12.9. The Bertz CT molecular complexity index is 1700. The van der Waals surface area contributed by atoms with E-state index in [-0.39, 0.29) is 31.1 Å². The summed E-state index contributed by atoms with van der Waals surface area (Å²) >= 11 is 0. The highest BCUT2D eigenvalue weighted by Gasteiger charge is 2.19. The summed E-state index contributed by atoms with van der Waals surface area (Å²) < 4.78 is 16.9. The molecule has 0 aromatic carbocycles. The Morgan fingerprint density at radius 1 is 0.263 bits per heavy atom. The molecule has 1 atom stereocenters. The third kappa shape index (κ3) is 64.4. The Morgan fingerprint density at radius 3 is 0.762 bits per heavy atom. The van der Waals surface area contributed by atoms with Gasteiger partial charge in [-0.25, -0.2) is 0 Å². The first-order valence-electron chi connectivity index (χ1n) is 33.2. The van der Waals surface area contributed by atoms with E-state index >= 15 is 0 Å². The van der Waals surface area contributed by atoms with Gasteiger partial charge in [-0.05, 0) is 128 Å². The lowest BCUT2D eigenvalue weighted by atomic mass is 10.0. The Balaban J connectivity index is 4.23. The number of ether oxygens (including phenoxy) is 3. The molecule has 0 saturated heterocycles. The summed E-state index contributed by atoms with van der Waals surface area (Å²) in [5, 5.41) is 0. The summed E-state index contributed by atoms with van der Waals surface area (Å²) in [7, 11) is 0. The van der Waals surface area contributed by atoms with E-state index in [4.69, 9.17) is 14.2 Å². The molecule has 0 saturated carbocycles. The van der Waals surface area contributed by atoms with Crippen LogP contribution in [0.25, 0.3) is 0 Å². The van der Waals surface area contributed by atoms with Crippen molar-refractivity contribution in [3.8, 4) is 0 Å². The van der Waals surface area contributed by atoms with Crippen molar-refractivity contribution in [1.29, 1.82) is 0 Å². The normalized spacial score (nSPS) is 13.0. The fraction of sp³-hybridized carbons (Fsp3) is 0.662. The number of carbonyl (C=O) groups is 3. The lowest BCUT2D eigenvalue weighted by molar-refractivity contribution is -0.167. The zero-order valence-corrected chi connectivity index (χ0v) is 52.0. The third-order valence-electron chi connectivity index (χ3n) is 13.9. The average molecular weight is 1110 g/mol. The Hall–Kier alpha value is -4.45. The van der Waals surface area contributed by atoms with Crippen molar-refractivity contribution in [2.24, 2.45) is 0 Å². The highest BCUT2D eigenvalue weighted by atomic mass is 16.6. The van der Waals surface area contributed by atoms with Crippen LogP contribution < -0.4 is 0 Å². The number of allylic oxidation sites excluding steroid dienone is 22. The van der Waals surface area contributed by atoms with Crippen LogP contribution in [0.4, 0.5) is 0 Å². The van der Waals surface area contributed by atoms with E-state index in [1.54, 1.807) is 0 Å². The quantitative estimate of drug-likeness (QED) is 0.0261. The number of carbonyl (C=O) groups excluding carboxylic acids is 3. The molecule has 0 aliphatic carbocycles. The number of hydrogen-bond donors (Lipinski definition) is 0. The van der Waals surface area contributed by atoms with Gasteiger partial charge in [0.05, 0.1) is 0 Å². The predicted octanol–water partition coefficient (Wildman–Crippen LogP) is 22.9. The second kappa shape index (κ2) is 67.1. The minimum absolute atomic E-state index is 0.0915. The van der Waals surface area contributed by atoms with Crippen LogP contribution in [-0.4, -0.2) is 37.2 Å². The van der Waals surface area contributed by atoms with Crippen LogP contribution in [0.15, 0.2) is 134 Å². The Kier molecular flexibility index (Phi) is 63.3. The van der Waals surface area contributed by atoms with Crippen molar-refractivity contribution in [1.82, 2.24) is 0 Å². The van der Waals surface area contributed by atoms with Gasteiger partial charge in [0.2, 0.25) is 0 Å². The van der Waals surface area contributed by atoms with Crippen molar-refractivity contribution in [3.05, 3.63) is 134 Å². The zero-order chi connectivity index (χ0) is 57.8. The third-order valence-corrected chi connectivity index (χ3v) is 13.9. The monoisotopic (exact) mass is 1110 g/mol. The van der Waals surface area contributed by atoms with Crippen molar-refractivity contribution >= 4 is 17.9 Å². The van der Waals surface area contributed by atoms with Crippen LogP contribution in [0.3, 0.4) is 0 Å². The van der Waals surface area contributed by atoms with Crippen LogP contribution in [-0.2, 0) is 28.6 Å². The van der Waals surface area contributed by atoms with E-state index in [1.807, 2.05) is 0 Å². The smallest absolute Gasteiger partial charge is 0.306 e. The minimum atomic E-state index is -0.797. The molecule has 0 amide bonds. The summed E-state index contributed by atoms with van der Waals surface area (Å²) in [5.41, 5.74) is 0. The van der Waals surface area contributed by atoms with Crippen molar-refractivity contribution in [3.63, 3.8) is 0 Å². The van der Waals surface area contributed by atoms with Crippen LogP contribution in [0.1, 0.15) is 297 Å². The molecule has 0 aliphatic heterocycles. The summed E-state index contributed by atoms with van der Waals surface area (Å²) in [6.45, 7) is 6.36. The lowest BCUT2D eigenvalue weighted by Crippen LogP contribution is -2.30. The largest absolute Gasteiger partial charge is 0.462 e. The molecule has 0 aromatic rings. The first-order chi connectivity index (χ1) is 39.5. The van der Waals surface area contributed by atoms with E-state index in [0.717, 1.165) is 161 Å². The Morgan fingerprint density at radius 2 is 0.487 bits per heavy atom. The summed E-state index contributed by atoms with van der Waals surface area (Å²) in [4.78, 5) is 38.3. The molecule has 454 valence electrons. The van der Waals surface area contributed by atoms with Crippen molar-refractivity contribution < 1.29 is 28.6 Å². The van der Waals surface area contributed by atoms with Gasteiger partial charge >= 0.3 is 17.9 Å². The van der Waals surface area contributed by atoms with E-state index < -0.39 is 6.10 Å². The van der Waals surface area contributed by atoms with E-state index in [0.29, 0.717) is 19.3 Å². The van der Waals surface area contributed by atoms with Gasteiger partial charge in [0.15, 0.2) is 6.10 Å². The van der Waals surface area contributed by atoms with Gasteiger partial charge in [0.1, 0.15) is 13.2 Å². The molecule has 0 aliphatic rings. The summed E-state index contributed by atoms with van der Waals surface area (Å²) in [6, 6.07) is 0. The molecule has 6 nitrogen and oxygen atoms in total. The molecule has 0 radical (unpaired) electrons. The molecule has 1 unspecified atom stereocenters. The molecule has 0 heterocycles. The Labute approximate surface area is 494 Å². The van der Waals surface area contributed by atoms with Gasteiger partial charge in [0.25, 0.3) is 0 Å². The van der Waals surface area contributed by atoms with Crippen LogP contribution in [0, 0.1) is 0 Å². The topological polar surface area (TPSA) is 78.9 Å². The van der Waals surface area contributed by atoms with Gasteiger partial charge < -0.3 is 14.2 Å². The molecule has 0 spiro atoms. The molecule has 0 rings (SSSR count). The molecule has 0 fully saturated rings.